The second kappa shape index (κ2) is 5.94. The zero-order valence-corrected chi connectivity index (χ0v) is 17.7. The third-order valence-corrected chi connectivity index (χ3v) is 7.98. The molecular weight excluding hydrogens is 402 g/mol. The van der Waals surface area contributed by atoms with Crippen LogP contribution in [0.5, 0.6) is 0 Å². The average molecular weight is 422 g/mol. The first-order valence-electron chi connectivity index (χ1n) is 10.7. The molecule has 3 aliphatic carbocycles. The summed E-state index contributed by atoms with van der Waals surface area (Å²) in [5, 5.41) is 11.4. The van der Waals surface area contributed by atoms with Crippen LogP contribution in [-0.2, 0) is 20.4 Å². The molecule has 7 rings (SSSR count). The van der Waals surface area contributed by atoms with E-state index in [0.29, 0.717) is 0 Å². The molecule has 2 bridgehead atoms. The predicted octanol–water partition coefficient (Wildman–Crippen LogP) is 2.79. The highest BCUT2D eigenvalue weighted by Crippen LogP contribution is 2.66. The van der Waals surface area contributed by atoms with Crippen LogP contribution in [0.25, 0.3) is 0 Å². The zero-order valence-electron chi connectivity index (χ0n) is 17.7. The molecule has 3 aromatic carbocycles. The minimum Gasteiger partial charge on any atom is -0.545 e. The molecule has 0 radical (unpaired) electrons. The normalized spacial score (nSPS) is 29.5. The Bertz CT molecular complexity index is 1240. The van der Waals surface area contributed by atoms with Crippen LogP contribution in [0.3, 0.4) is 0 Å². The SMILES string of the molecule is CC12c3ccccc3C(C)(c3ccccc31)C1C(=O)N(c3cccc(C(=O)[O-])c3)C(=O)C12. The lowest BCUT2D eigenvalue weighted by Gasteiger charge is -2.57. The molecule has 0 saturated carbocycles. The van der Waals surface area contributed by atoms with Gasteiger partial charge in [-0.05, 0) is 39.9 Å². The number of carboxylic acid groups (broad SMARTS) is 1. The van der Waals surface area contributed by atoms with Crippen molar-refractivity contribution >= 4 is 23.5 Å². The van der Waals surface area contributed by atoms with Crippen molar-refractivity contribution < 1.29 is 19.5 Å². The van der Waals surface area contributed by atoms with Gasteiger partial charge in [0.1, 0.15) is 0 Å². The number of hydrogen-bond donors (Lipinski definition) is 0. The molecule has 0 spiro atoms. The van der Waals surface area contributed by atoms with E-state index >= 15 is 0 Å². The molecule has 2 unspecified atom stereocenters. The molecular formula is C27H20NO4-. The smallest absolute Gasteiger partial charge is 0.238 e. The minimum absolute atomic E-state index is 0.0649. The van der Waals surface area contributed by atoms with E-state index in [2.05, 4.69) is 38.1 Å². The van der Waals surface area contributed by atoms with Gasteiger partial charge in [-0.2, -0.15) is 0 Å². The Hall–Kier alpha value is -3.73. The fraction of sp³-hybridized carbons (Fsp3) is 0.222. The number of imide groups is 1. The third-order valence-electron chi connectivity index (χ3n) is 7.98. The van der Waals surface area contributed by atoms with Gasteiger partial charge in [0.15, 0.2) is 0 Å². The summed E-state index contributed by atoms with van der Waals surface area (Å²) >= 11 is 0. The zero-order chi connectivity index (χ0) is 22.4. The summed E-state index contributed by atoms with van der Waals surface area (Å²) in [6.07, 6.45) is 0. The molecule has 2 amide bonds. The molecule has 0 N–H and O–H groups in total. The molecule has 1 saturated heterocycles. The number of benzene rings is 3. The Morgan fingerprint density at radius 3 is 1.59 bits per heavy atom. The summed E-state index contributed by atoms with van der Waals surface area (Å²) in [5.41, 5.74) is 3.19. The number of carbonyl (C=O) groups excluding carboxylic acids is 3. The highest BCUT2D eigenvalue weighted by atomic mass is 16.4. The molecule has 2 atom stereocenters. The van der Waals surface area contributed by atoms with Crippen LogP contribution in [-0.4, -0.2) is 17.8 Å². The van der Waals surface area contributed by atoms with Crippen molar-refractivity contribution in [1.82, 2.24) is 0 Å². The summed E-state index contributed by atoms with van der Waals surface area (Å²) in [7, 11) is 0. The van der Waals surface area contributed by atoms with Gasteiger partial charge in [0.25, 0.3) is 0 Å². The van der Waals surface area contributed by atoms with Crippen LogP contribution < -0.4 is 10.0 Å². The van der Waals surface area contributed by atoms with E-state index in [9.17, 15) is 19.5 Å². The Morgan fingerprint density at radius 2 is 1.19 bits per heavy atom. The first kappa shape index (κ1) is 19.0. The summed E-state index contributed by atoms with van der Waals surface area (Å²) in [6.45, 7) is 4.13. The Balaban J connectivity index is 1.63. The van der Waals surface area contributed by atoms with Gasteiger partial charge < -0.3 is 9.90 Å². The van der Waals surface area contributed by atoms with E-state index in [4.69, 9.17) is 0 Å². The van der Waals surface area contributed by atoms with E-state index in [-0.39, 0.29) is 23.1 Å². The second-order valence-corrected chi connectivity index (χ2v) is 9.30. The minimum atomic E-state index is -1.35. The molecule has 158 valence electrons. The van der Waals surface area contributed by atoms with Gasteiger partial charge >= 0.3 is 0 Å². The number of aromatic carboxylic acids is 1. The Kier molecular flexibility index (Phi) is 3.53. The van der Waals surface area contributed by atoms with Gasteiger partial charge in [-0.25, -0.2) is 4.90 Å². The summed E-state index contributed by atoms with van der Waals surface area (Å²) in [6, 6.07) is 22.1. The molecule has 5 nitrogen and oxygen atoms in total. The van der Waals surface area contributed by atoms with E-state index in [0.717, 1.165) is 22.3 Å². The Labute approximate surface area is 185 Å². The van der Waals surface area contributed by atoms with Crippen LogP contribution in [0, 0.1) is 11.8 Å². The van der Waals surface area contributed by atoms with Gasteiger partial charge in [0.2, 0.25) is 11.8 Å². The monoisotopic (exact) mass is 422 g/mol. The van der Waals surface area contributed by atoms with Gasteiger partial charge in [0.05, 0.1) is 23.5 Å². The van der Waals surface area contributed by atoms with E-state index in [1.165, 1.54) is 23.1 Å². The number of nitrogens with zero attached hydrogens (tertiary/aromatic N) is 1. The van der Waals surface area contributed by atoms with Crippen molar-refractivity contribution in [3.05, 3.63) is 101 Å². The van der Waals surface area contributed by atoms with Crippen molar-refractivity contribution in [2.45, 2.75) is 24.7 Å². The molecule has 1 aliphatic heterocycles. The van der Waals surface area contributed by atoms with E-state index in [1.807, 2.05) is 24.3 Å². The molecule has 4 aliphatic rings. The van der Waals surface area contributed by atoms with Crippen molar-refractivity contribution in [3.63, 3.8) is 0 Å². The van der Waals surface area contributed by atoms with E-state index in [1.54, 1.807) is 6.07 Å². The number of hydrogen-bond acceptors (Lipinski definition) is 4. The predicted molar refractivity (Wildman–Crippen MR) is 116 cm³/mol. The third kappa shape index (κ3) is 1.97. The topological polar surface area (TPSA) is 77.5 Å². The fourth-order valence-electron chi connectivity index (χ4n) is 6.60. The molecule has 0 aromatic heterocycles. The standard InChI is InChI=1S/C27H21NO4/c1-26-17-10-3-5-12-19(17)27(2,20-13-6-4-11-18(20)26)22-21(26)23(29)28(24(22)30)16-9-7-8-15(14-16)25(31)32/h3-14,21-22H,1-2H3,(H,31,32)/p-1. The molecule has 32 heavy (non-hydrogen) atoms. The fourth-order valence-corrected chi connectivity index (χ4v) is 6.60. The van der Waals surface area contributed by atoms with Crippen LogP contribution in [0.2, 0.25) is 0 Å². The maximum absolute atomic E-state index is 13.9. The summed E-state index contributed by atoms with van der Waals surface area (Å²) in [5.74, 6) is -3.06. The first-order chi connectivity index (χ1) is 15.3. The largest absolute Gasteiger partial charge is 0.545 e. The molecule has 1 fully saturated rings. The number of carboxylic acids is 1. The average Bonchev–Trinajstić information content (AvgIpc) is 3.08. The van der Waals surface area contributed by atoms with Crippen molar-refractivity contribution in [2.75, 3.05) is 4.90 Å². The lowest BCUT2D eigenvalue weighted by atomic mass is 9.42. The lowest BCUT2D eigenvalue weighted by molar-refractivity contribution is -0.255. The van der Waals surface area contributed by atoms with Gasteiger partial charge in [-0.3, -0.25) is 9.59 Å². The van der Waals surface area contributed by atoms with Crippen LogP contribution in [0.15, 0.2) is 72.8 Å². The van der Waals surface area contributed by atoms with Crippen LogP contribution >= 0.6 is 0 Å². The number of anilines is 1. The number of amides is 2. The van der Waals surface area contributed by atoms with Gasteiger partial charge in [0, 0.05) is 10.8 Å². The quantitative estimate of drug-likeness (QED) is 0.595. The summed E-state index contributed by atoms with van der Waals surface area (Å²) in [4.78, 5) is 40.4. The first-order valence-corrected chi connectivity index (χ1v) is 10.7. The Morgan fingerprint density at radius 1 is 0.750 bits per heavy atom. The number of rotatable bonds is 2. The van der Waals surface area contributed by atoms with Gasteiger partial charge in [-0.15, -0.1) is 0 Å². The molecule has 3 aromatic rings. The van der Waals surface area contributed by atoms with Crippen LogP contribution in [0.4, 0.5) is 5.69 Å². The van der Waals surface area contributed by atoms with Gasteiger partial charge in [-0.1, -0.05) is 74.5 Å². The molecule has 5 heteroatoms. The second-order valence-electron chi connectivity index (χ2n) is 9.30. The van der Waals surface area contributed by atoms with E-state index < -0.39 is 28.6 Å². The number of carbonyl (C=O) groups is 3. The van der Waals surface area contributed by atoms with Crippen molar-refractivity contribution in [1.29, 1.82) is 0 Å². The highest BCUT2D eigenvalue weighted by molar-refractivity contribution is 6.24. The maximum atomic E-state index is 13.9. The highest BCUT2D eigenvalue weighted by Gasteiger charge is 2.70. The van der Waals surface area contributed by atoms with Crippen molar-refractivity contribution in [3.8, 4) is 0 Å². The summed E-state index contributed by atoms with van der Waals surface area (Å²) < 4.78 is 0. The lowest BCUT2D eigenvalue weighted by Crippen LogP contribution is -2.59. The molecule has 1 heterocycles. The van der Waals surface area contributed by atoms with Crippen LogP contribution in [0.1, 0.15) is 46.5 Å². The van der Waals surface area contributed by atoms with Crippen molar-refractivity contribution in [2.24, 2.45) is 11.8 Å². The maximum Gasteiger partial charge on any atom is 0.238 e.